The lowest BCUT2D eigenvalue weighted by atomic mass is 9.59. The molecular weight excluding hydrogens is 653 g/mol. The molecule has 1 heterocycles. The summed E-state index contributed by atoms with van der Waals surface area (Å²) in [6.45, 7) is 0. The van der Waals surface area contributed by atoms with Crippen molar-refractivity contribution in [2.24, 2.45) is 23.7 Å². The van der Waals surface area contributed by atoms with E-state index >= 15 is 0 Å². The minimum Gasteiger partial charge on any atom is -0.460 e. The second-order valence-corrected chi connectivity index (χ2v) is 15.5. The SMILES string of the molecule is O=C(OC1C2CC3C1NS(=O)(=O)C3C2C(=O)OC(C(F)(F)F)C(F)(F)S(=O)(=O)O)C1CC2c3ccccc3C1c1ccccc12. The van der Waals surface area contributed by atoms with E-state index in [-0.39, 0.29) is 12.3 Å². The van der Waals surface area contributed by atoms with Gasteiger partial charge < -0.3 is 9.47 Å². The van der Waals surface area contributed by atoms with Gasteiger partial charge in [-0.2, -0.15) is 30.4 Å². The Kier molecular flexibility index (Phi) is 6.56. The molecule has 0 amide bonds. The van der Waals surface area contributed by atoms with Gasteiger partial charge in [0.25, 0.3) is 6.10 Å². The van der Waals surface area contributed by atoms with Crippen LogP contribution in [-0.2, 0) is 39.2 Å². The molecule has 45 heavy (non-hydrogen) atoms. The van der Waals surface area contributed by atoms with Crippen LogP contribution in [0.3, 0.4) is 0 Å². The molecule has 0 radical (unpaired) electrons. The second-order valence-electron chi connectivity index (χ2n) is 12.2. The Morgan fingerprint density at radius 3 is 1.98 bits per heavy atom. The number of fused-ring (bicyclic) bond motifs is 2. The van der Waals surface area contributed by atoms with E-state index in [4.69, 9.17) is 9.29 Å². The highest BCUT2D eigenvalue weighted by molar-refractivity contribution is 7.90. The molecule has 5 aliphatic carbocycles. The maximum atomic E-state index is 14.2. The largest absolute Gasteiger partial charge is 0.460 e. The molecule has 6 aliphatic rings. The molecule has 1 saturated heterocycles. The zero-order chi connectivity index (χ0) is 32.4. The fourth-order valence-electron chi connectivity index (χ4n) is 8.36. The van der Waals surface area contributed by atoms with Gasteiger partial charge in [0.1, 0.15) is 6.10 Å². The third-order valence-corrected chi connectivity index (χ3v) is 12.9. The van der Waals surface area contributed by atoms with E-state index in [1.807, 2.05) is 48.5 Å². The third-order valence-electron chi connectivity index (χ3n) is 9.99. The quantitative estimate of drug-likeness (QED) is 0.267. The average Bonchev–Trinajstić information content (AvgIpc) is 3.57. The van der Waals surface area contributed by atoms with Crippen molar-refractivity contribution in [3.63, 3.8) is 0 Å². The molecule has 2 N–H and O–H groups in total. The van der Waals surface area contributed by atoms with Crippen LogP contribution < -0.4 is 4.72 Å². The van der Waals surface area contributed by atoms with Crippen molar-refractivity contribution in [1.82, 2.24) is 4.72 Å². The normalized spacial score (nSPS) is 34.6. The van der Waals surface area contributed by atoms with Crippen molar-refractivity contribution in [2.45, 2.75) is 59.6 Å². The number of hydrogen-bond donors (Lipinski definition) is 2. The van der Waals surface area contributed by atoms with Gasteiger partial charge in [-0.25, -0.2) is 13.1 Å². The predicted octanol–water partition coefficient (Wildman–Crippen LogP) is 3.09. The smallest absolute Gasteiger partial charge is 0.432 e. The van der Waals surface area contributed by atoms with E-state index in [9.17, 15) is 48.4 Å². The van der Waals surface area contributed by atoms with Gasteiger partial charge in [0.15, 0.2) is 0 Å². The molecule has 17 heteroatoms. The van der Waals surface area contributed by atoms with Crippen LogP contribution in [0.2, 0.25) is 0 Å². The van der Waals surface area contributed by atoms with Crippen LogP contribution in [0.5, 0.6) is 0 Å². The fourth-order valence-corrected chi connectivity index (χ4v) is 11.1. The highest BCUT2D eigenvalue weighted by atomic mass is 32.2. The predicted molar refractivity (Wildman–Crippen MR) is 142 cm³/mol. The van der Waals surface area contributed by atoms with Crippen LogP contribution >= 0.6 is 0 Å². The first-order chi connectivity index (χ1) is 20.9. The van der Waals surface area contributed by atoms with E-state index in [2.05, 4.69) is 9.46 Å². The van der Waals surface area contributed by atoms with Gasteiger partial charge in [-0.05, 0) is 41.0 Å². The number of hydrogen-bond acceptors (Lipinski definition) is 8. The van der Waals surface area contributed by atoms with Gasteiger partial charge >= 0.3 is 33.5 Å². The number of nitrogens with one attached hydrogen (secondary N) is 1. The van der Waals surface area contributed by atoms with Crippen molar-refractivity contribution in [3.8, 4) is 0 Å². The van der Waals surface area contributed by atoms with Gasteiger partial charge in [-0.15, -0.1) is 0 Å². The maximum Gasteiger partial charge on any atom is 0.432 e. The Balaban J connectivity index is 1.18. The number of carbonyl (C=O) groups is 2. The van der Waals surface area contributed by atoms with Crippen LogP contribution in [0.4, 0.5) is 22.0 Å². The zero-order valence-electron chi connectivity index (χ0n) is 22.7. The summed E-state index contributed by atoms with van der Waals surface area (Å²) >= 11 is 0. The summed E-state index contributed by atoms with van der Waals surface area (Å²) in [6.07, 6.45) is -11.9. The van der Waals surface area contributed by atoms with E-state index in [1.54, 1.807) is 0 Å². The highest BCUT2D eigenvalue weighted by Gasteiger charge is 2.73. The van der Waals surface area contributed by atoms with E-state index in [0.717, 1.165) is 22.3 Å². The summed E-state index contributed by atoms with van der Waals surface area (Å²) < 4.78 is 138. The van der Waals surface area contributed by atoms with Crippen molar-refractivity contribution in [1.29, 1.82) is 0 Å². The van der Waals surface area contributed by atoms with Crippen LogP contribution in [-0.4, -0.2) is 68.3 Å². The summed E-state index contributed by atoms with van der Waals surface area (Å²) in [5.41, 5.74) is 3.95. The van der Waals surface area contributed by atoms with E-state index in [0.29, 0.717) is 6.42 Å². The molecule has 4 bridgehead atoms. The summed E-state index contributed by atoms with van der Waals surface area (Å²) in [5.74, 6) is -8.20. The molecule has 8 rings (SSSR count). The van der Waals surface area contributed by atoms with Gasteiger partial charge in [0.2, 0.25) is 10.0 Å². The fraction of sp³-hybridized carbons (Fsp3) is 0.500. The minimum absolute atomic E-state index is 0.118. The van der Waals surface area contributed by atoms with Crippen molar-refractivity contribution in [2.75, 3.05) is 0 Å². The second kappa shape index (κ2) is 9.68. The Labute approximate surface area is 253 Å². The average molecular weight is 678 g/mol. The lowest BCUT2D eigenvalue weighted by Gasteiger charge is -2.45. The third kappa shape index (κ3) is 4.36. The Morgan fingerprint density at radius 1 is 0.889 bits per heavy atom. The molecule has 2 aromatic rings. The molecule has 10 nitrogen and oxygen atoms in total. The standard InChI is InChI=1S/C28H24F5NO9S2/c29-27(30,31)26(28(32,33)45(39,40)41)43-25(36)20-16-10-18-21(34-44(37,38)23(18)20)22(16)42-24(35)17-9-15-11-5-1-3-7-13(11)19(17)14-8-4-2-6-12(14)15/h1-8,15-23,26,34H,9-10H2,(H,39,40,41). The number of alkyl halides is 5. The number of rotatable bonds is 6. The molecule has 242 valence electrons. The first-order valence-electron chi connectivity index (χ1n) is 13.9. The van der Waals surface area contributed by atoms with Crippen LogP contribution in [0.25, 0.3) is 0 Å². The number of ether oxygens (including phenoxy) is 2. The molecule has 3 fully saturated rings. The van der Waals surface area contributed by atoms with Crippen LogP contribution in [0, 0.1) is 23.7 Å². The lowest BCUT2D eigenvalue weighted by Crippen LogP contribution is -2.54. The monoisotopic (exact) mass is 677 g/mol. The molecule has 1 aliphatic heterocycles. The molecule has 0 aromatic heterocycles. The first-order valence-corrected chi connectivity index (χ1v) is 16.9. The number of benzene rings is 2. The van der Waals surface area contributed by atoms with Crippen LogP contribution in [0.1, 0.15) is 46.9 Å². The van der Waals surface area contributed by atoms with Gasteiger partial charge in [-0.3, -0.25) is 14.1 Å². The topological polar surface area (TPSA) is 153 Å². The molecular formula is C28H24F5NO9S2. The highest BCUT2D eigenvalue weighted by Crippen LogP contribution is 2.59. The maximum absolute atomic E-state index is 14.2. The Morgan fingerprint density at radius 2 is 1.44 bits per heavy atom. The van der Waals surface area contributed by atoms with Gasteiger partial charge in [0.05, 0.1) is 23.1 Å². The summed E-state index contributed by atoms with van der Waals surface area (Å²) in [4.78, 5) is 26.9. The number of esters is 2. The van der Waals surface area contributed by atoms with E-state index < -0.39 is 96.6 Å². The summed E-state index contributed by atoms with van der Waals surface area (Å²) in [6, 6.07) is 14.2. The lowest BCUT2D eigenvalue weighted by molar-refractivity contribution is -0.261. The molecule has 0 spiro atoms. The molecule has 8 unspecified atom stereocenters. The Bertz CT molecular complexity index is 1790. The number of carbonyl (C=O) groups excluding carboxylic acids is 2. The van der Waals surface area contributed by atoms with Gasteiger partial charge in [-0.1, -0.05) is 48.5 Å². The molecule has 2 saturated carbocycles. The zero-order valence-corrected chi connectivity index (χ0v) is 24.4. The van der Waals surface area contributed by atoms with Crippen LogP contribution in [0.15, 0.2) is 48.5 Å². The summed E-state index contributed by atoms with van der Waals surface area (Å²) in [5, 5.41) is -7.68. The summed E-state index contributed by atoms with van der Waals surface area (Å²) in [7, 11) is -11.1. The Hall–Kier alpha value is -3.15. The minimum atomic E-state index is -6.71. The van der Waals surface area contributed by atoms with Gasteiger partial charge in [0, 0.05) is 17.8 Å². The van der Waals surface area contributed by atoms with Crippen molar-refractivity contribution < 1.29 is 62.4 Å². The first kappa shape index (κ1) is 30.5. The number of halogens is 5. The van der Waals surface area contributed by atoms with Crippen molar-refractivity contribution >= 4 is 32.1 Å². The molecule has 8 atom stereocenters. The number of sulfonamides is 1. The van der Waals surface area contributed by atoms with Crippen molar-refractivity contribution in [3.05, 3.63) is 70.8 Å². The molecule has 2 aromatic carbocycles. The van der Waals surface area contributed by atoms with E-state index in [1.165, 1.54) is 0 Å².